The minimum atomic E-state index is -0.376. The highest BCUT2D eigenvalue weighted by Gasteiger charge is 2.18. The number of hydrogen-bond donors (Lipinski definition) is 1. The third-order valence-electron chi connectivity index (χ3n) is 2.26. The Bertz CT molecular complexity index is 324. The Labute approximate surface area is 85.9 Å². The Morgan fingerprint density at radius 1 is 1.36 bits per heavy atom. The zero-order valence-corrected chi connectivity index (χ0v) is 8.41. The molecule has 0 radical (unpaired) electrons. The zero-order valence-electron chi connectivity index (χ0n) is 7.59. The number of benzene rings is 1. The number of rotatable bonds is 1. The smallest absolute Gasteiger partial charge is 0.128 e. The molecular formula is C10H11F2NS. The zero-order chi connectivity index (χ0) is 9.97. The Balaban J connectivity index is 2.24. The summed E-state index contributed by atoms with van der Waals surface area (Å²) in [6, 6.07) is 3.56. The molecule has 76 valence electrons. The highest BCUT2D eigenvalue weighted by molar-refractivity contribution is 7.99. The summed E-state index contributed by atoms with van der Waals surface area (Å²) in [4.78, 5) is 0. The van der Waals surface area contributed by atoms with Gasteiger partial charge in [-0.3, -0.25) is 0 Å². The number of thioether (sulfide) groups is 1. The van der Waals surface area contributed by atoms with Crippen LogP contribution in [0, 0.1) is 11.6 Å². The average molecular weight is 215 g/mol. The van der Waals surface area contributed by atoms with Crippen molar-refractivity contribution in [3.05, 3.63) is 35.4 Å². The van der Waals surface area contributed by atoms with Crippen molar-refractivity contribution < 1.29 is 8.78 Å². The molecule has 2 rings (SSSR count). The van der Waals surface area contributed by atoms with Crippen molar-refractivity contribution >= 4 is 11.8 Å². The molecule has 0 amide bonds. The summed E-state index contributed by atoms with van der Waals surface area (Å²) in [6.45, 7) is 0.852. The predicted octanol–water partition coefficient (Wildman–Crippen LogP) is 2.34. The minimum absolute atomic E-state index is 0.0514. The van der Waals surface area contributed by atoms with E-state index in [0.717, 1.165) is 24.1 Å². The summed E-state index contributed by atoms with van der Waals surface area (Å²) in [5.74, 6) is 1.14. The number of halogens is 2. The highest BCUT2D eigenvalue weighted by atomic mass is 32.2. The van der Waals surface area contributed by atoms with Gasteiger partial charge in [-0.25, -0.2) is 8.78 Å². The van der Waals surface area contributed by atoms with Crippen LogP contribution in [0.1, 0.15) is 11.6 Å². The predicted molar refractivity (Wildman–Crippen MR) is 54.4 cm³/mol. The van der Waals surface area contributed by atoms with Gasteiger partial charge in [0.05, 0.1) is 0 Å². The van der Waals surface area contributed by atoms with Gasteiger partial charge in [-0.1, -0.05) is 0 Å². The molecule has 14 heavy (non-hydrogen) atoms. The lowest BCUT2D eigenvalue weighted by atomic mass is 10.1. The Morgan fingerprint density at radius 3 is 2.93 bits per heavy atom. The van der Waals surface area contributed by atoms with Crippen molar-refractivity contribution in [2.45, 2.75) is 6.04 Å². The lowest BCUT2D eigenvalue weighted by Crippen LogP contribution is -2.30. The second-order valence-corrected chi connectivity index (χ2v) is 4.40. The van der Waals surface area contributed by atoms with Gasteiger partial charge in [0.25, 0.3) is 0 Å². The van der Waals surface area contributed by atoms with Crippen LogP contribution in [-0.2, 0) is 0 Å². The fourth-order valence-electron chi connectivity index (χ4n) is 1.55. The monoisotopic (exact) mass is 215 g/mol. The van der Waals surface area contributed by atoms with Crippen molar-refractivity contribution in [3.63, 3.8) is 0 Å². The first kappa shape index (κ1) is 9.93. The van der Waals surface area contributed by atoms with Crippen molar-refractivity contribution in [2.24, 2.45) is 0 Å². The van der Waals surface area contributed by atoms with Crippen molar-refractivity contribution in [2.75, 3.05) is 18.1 Å². The summed E-state index contributed by atoms with van der Waals surface area (Å²) in [5, 5.41) is 3.18. The molecule has 1 aromatic rings. The first-order chi connectivity index (χ1) is 6.77. The van der Waals surface area contributed by atoms with Gasteiger partial charge in [-0.2, -0.15) is 11.8 Å². The van der Waals surface area contributed by atoms with E-state index in [0.29, 0.717) is 5.56 Å². The molecule has 1 nitrogen and oxygen atoms in total. The molecule has 1 unspecified atom stereocenters. The van der Waals surface area contributed by atoms with Crippen LogP contribution in [-0.4, -0.2) is 18.1 Å². The molecule has 1 saturated heterocycles. The summed E-state index contributed by atoms with van der Waals surface area (Å²) in [6.07, 6.45) is 0. The van der Waals surface area contributed by atoms with E-state index >= 15 is 0 Å². The maximum atomic E-state index is 13.3. The fourth-order valence-corrected chi connectivity index (χ4v) is 2.51. The Kier molecular flexibility index (Phi) is 3.03. The van der Waals surface area contributed by atoms with Crippen molar-refractivity contribution in [1.29, 1.82) is 0 Å². The van der Waals surface area contributed by atoms with Gasteiger partial charge >= 0.3 is 0 Å². The maximum absolute atomic E-state index is 13.3. The molecular weight excluding hydrogens is 204 g/mol. The molecule has 0 aliphatic carbocycles. The van der Waals surface area contributed by atoms with E-state index in [9.17, 15) is 8.78 Å². The molecule has 1 aliphatic rings. The molecule has 1 aliphatic heterocycles. The van der Waals surface area contributed by atoms with E-state index in [-0.39, 0.29) is 17.7 Å². The van der Waals surface area contributed by atoms with Gasteiger partial charge in [0.1, 0.15) is 11.6 Å². The Hall–Kier alpha value is -0.610. The summed E-state index contributed by atoms with van der Waals surface area (Å²) < 4.78 is 26.2. The summed E-state index contributed by atoms with van der Waals surface area (Å²) in [5.41, 5.74) is 0.442. The van der Waals surface area contributed by atoms with Crippen LogP contribution in [0.3, 0.4) is 0 Å². The van der Waals surface area contributed by atoms with Crippen LogP contribution >= 0.6 is 11.8 Å². The molecule has 0 bridgehead atoms. The largest absolute Gasteiger partial charge is 0.308 e. The van der Waals surface area contributed by atoms with Crippen LogP contribution in [0.5, 0.6) is 0 Å². The lowest BCUT2D eigenvalue weighted by Gasteiger charge is -2.23. The van der Waals surface area contributed by atoms with Crippen LogP contribution in [0.25, 0.3) is 0 Å². The van der Waals surface area contributed by atoms with Crippen molar-refractivity contribution in [1.82, 2.24) is 5.32 Å². The quantitative estimate of drug-likeness (QED) is 0.771. The topological polar surface area (TPSA) is 12.0 Å². The molecule has 1 N–H and O–H groups in total. The number of nitrogens with one attached hydrogen (secondary N) is 1. The van der Waals surface area contributed by atoms with Gasteiger partial charge in [-0.05, 0) is 18.2 Å². The first-order valence-electron chi connectivity index (χ1n) is 4.53. The standard InChI is InChI=1S/C10H11F2NS/c11-7-1-2-9(12)8(5-7)10-6-14-4-3-13-10/h1-2,5,10,13H,3-4,6H2. The first-order valence-corrected chi connectivity index (χ1v) is 5.69. The minimum Gasteiger partial charge on any atom is -0.308 e. The second kappa shape index (κ2) is 4.28. The molecule has 0 spiro atoms. The van der Waals surface area contributed by atoms with Crippen molar-refractivity contribution in [3.8, 4) is 0 Å². The number of hydrogen-bond acceptors (Lipinski definition) is 2. The highest BCUT2D eigenvalue weighted by Crippen LogP contribution is 2.24. The lowest BCUT2D eigenvalue weighted by molar-refractivity contribution is 0.528. The van der Waals surface area contributed by atoms with E-state index in [4.69, 9.17) is 0 Å². The second-order valence-electron chi connectivity index (χ2n) is 3.25. The fraction of sp³-hybridized carbons (Fsp3) is 0.400. The molecule has 1 heterocycles. The van der Waals surface area contributed by atoms with Gasteiger partial charge in [-0.15, -0.1) is 0 Å². The molecule has 4 heteroatoms. The van der Waals surface area contributed by atoms with Crippen LogP contribution < -0.4 is 5.32 Å². The van der Waals surface area contributed by atoms with Gasteiger partial charge < -0.3 is 5.32 Å². The van der Waals surface area contributed by atoms with Crippen LogP contribution in [0.15, 0.2) is 18.2 Å². The van der Waals surface area contributed by atoms with Gasteiger partial charge in [0.15, 0.2) is 0 Å². The normalized spacial score (nSPS) is 22.3. The molecule has 0 saturated carbocycles. The molecule has 0 aromatic heterocycles. The van der Waals surface area contributed by atoms with Gasteiger partial charge in [0, 0.05) is 29.7 Å². The molecule has 1 fully saturated rings. The van der Waals surface area contributed by atoms with Crippen LogP contribution in [0.2, 0.25) is 0 Å². The Morgan fingerprint density at radius 2 is 2.21 bits per heavy atom. The van der Waals surface area contributed by atoms with E-state index in [1.807, 2.05) is 0 Å². The van der Waals surface area contributed by atoms with E-state index in [2.05, 4.69) is 5.32 Å². The third-order valence-corrected chi connectivity index (χ3v) is 3.32. The van der Waals surface area contributed by atoms with E-state index < -0.39 is 0 Å². The van der Waals surface area contributed by atoms with E-state index in [1.54, 1.807) is 11.8 Å². The summed E-state index contributed by atoms with van der Waals surface area (Å²) >= 11 is 1.76. The SMILES string of the molecule is Fc1ccc(F)c(C2CSCCN2)c1. The average Bonchev–Trinajstić information content (AvgIpc) is 2.23. The van der Waals surface area contributed by atoms with Crippen LogP contribution in [0.4, 0.5) is 8.78 Å². The maximum Gasteiger partial charge on any atom is 0.128 e. The summed E-state index contributed by atoms with van der Waals surface area (Å²) in [7, 11) is 0. The van der Waals surface area contributed by atoms with E-state index in [1.165, 1.54) is 12.1 Å². The third kappa shape index (κ3) is 2.07. The molecule has 1 atom stereocenters. The van der Waals surface area contributed by atoms with Gasteiger partial charge in [0.2, 0.25) is 0 Å². The molecule has 1 aromatic carbocycles.